The van der Waals surface area contributed by atoms with E-state index < -0.39 is 0 Å². The molecule has 3 N–H and O–H groups in total. The molecule has 0 aliphatic heterocycles. The van der Waals surface area contributed by atoms with Crippen LogP contribution < -0.4 is 11.1 Å². The Labute approximate surface area is 113 Å². The zero-order chi connectivity index (χ0) is 13.0. The van der Waals surface area contributed by atoms with Crippen LogP contribution in [0.2, 0.25) is 0 Å². The number of hydrogen-bond donors (Lipinski definition) is 2. The fourth-order valence-corrected chi connectivity index (χ4v) is 2.72. The normalized spacial score (nSPS) is 11.7. The van der Waals surface area contributed by atoms with Crippen molar-refractivity contribution in [2.24, 2.45) is 0 Å². The van der Waals surface area contributed by atoms with Crippen LogP contribution >= 0.6 is 11.3 Å². The second kappa shape index (κ2) is 5.55. The van der Waals surface area contributed by atoms with Gasteiger partial charge in [-0.25, -0.2) is 0 Å². The number of benzene rings is 1. The van der Waals surface area contributed by atoms with Gasteiger partial charge in [0.2, 0.25) is 0 Å². The number of nitrogens with one attached hydrogen (secondary N) is 1. The molecule has 1 aromatic heterocycles. The van der Waals surface area contributed by atoms with Crippen LogP contribution in [0, 0.1) is 0 Å². The molecule has 18 heavy (non-hydrogen) atoms. The molecule has 0 unspecified atom stereocenters. The summed E-state index contributed by atoms with van der Waals surface area (Å²) in [6.45, 7) is 5.29. The Bertz CT molecular complexity index is 488. The quantitative estimate of drug-likeness (QED) is 0.864. The van der Waals surface area contributed by atoms with Crippen LogP contribution in [-0.2, 0) is 13.0 Å². The highest BCUT2D eigenvalue weighted by Crippen LogP contribution is 2.20. The first-order valence-electron chi connectivity index (χ1n) is 6.18. The standard InChI is InChI=1S/C15H20N2S/c1-15(2,10-12-6-4-3-5-7-12)17-11-14-13(16)8-9-18-14/h3-9,17H,10-11,16H2,1-2H3. The molecule has 0 aliphatic carbocycles. The molecular formula is C15H20N2S. The van der Waals surface area contributed by atoms with Crippen LogP contribution in [0.15, 0.2) is 41.8 Å². The van der Waals surface area contributed by atoms with Gasteiger partial charge in [-0.2, -0.15) is 0 Å². The van der Waals surface area contributed by atoms with E-state index in [0.29, 0.717) is 0 Å². The van der Waals surface area contributed by atoms with Gasteiger partial charge in [-0.1, -0.05) is 30.3 Å². The molecular weight excluding hydrogens is 240 g/mol. The lowest BCUT2D eigenvalue weighted by atomic mass is 9.95. The van der Waals surface area contributed by atoms with E-state index in [4.69, 9.17) is 5.73 Å². The highest BCUT2D eigenvalue weighted by atomic mass is 32.1. The van der Waals surface area contributed by atoms with Gasteiger partial charge < -0.3 is 11.1 Å². The van der Waals surface area contributed by atoms with Gasteiger partial charge in [-0.3, -0.25) is 0 Å². The van der Waals surface area contributed by atoms with Gasteiger partial charge in [-0.15, -0.1) is 11.3 Å². The Balaban J connectivity index is 1.93. The lowest BCUT2D eigenvalue weighted by Crippen LogP contribution is -2.40. The molecule has 2 aromatic rings. The molecule has 0 amide bonds. The molecule has 0 saturated heterocycles. The van der Waals surface area contributed by atoms with Gasteiger partial charge in [-0.05, 0) is 37.3 Å². The number of nitrogen functional groups attached to an aromatic ring is 1. The third-order valence-corrected chi connectivity index (χ3v) is 3.93. The van der Waals surface area contributed by atoms with Gasteiger partial charge in [0, 0.05) is 22.6 Å². The number of rotatable bonds is 5. The smallest absolute Gasteiger partial charge is 0.0468 e. The fraction of sp³-hybridized carbons (Fsp3) is 0.333. The summed E-state index contributed by atoms with van der Waals surface area (Å²) < 4.78 is 0. The minimum atomic E-state index is 0.0672. The van der Waals surface area contributed by atoms with E-state index in [0.717, 1.165) is 18.7 Å². The molecule has 0 saturated carbocycles. The summed E-state index contributed by atoms with van der Waals surface area (Å²) in [6.07, 6.45) is 1.01. The highest BCUT2D eigenvalue weighted by molar-refractivity contribution is 7.10. The topological polar surface area (TPSA) is 38.0 Å². The number of hydrogen-bond acceptors (Lipinski definition) is 3. The van der Waals surface area contributed by atoms with Gasteiger partial charge in [0.15, 0.2) is 0 Å². The van der Waals surface area contributed by atoms with Gasteiger partial charge >= 0.3 is 0 Å². The third kappa shape index (κ3) is 3.59. The van der Waals surface area contributed by atoms with Crippen molar-refractivity contribution in [2.45, 2.75) is 32.4 Å². The Hall–Kier alpha value is -1.32. The molecule has 96 valence electrons. The number of nitrogens with two attached hydrogens (primary N) is 1. The summed E-state index contributed by atoms with van der Waals surface area (Å²) in [5.74, 6) is 0. The van der Waals surface area contributed by atoms with E-state index in [2.05, 4.69) is 49.5 Å². The zero-order valence-corrected chi connectivity index (χ0v) is 11.8. The van der Waals surface area contributed by atoms with Crippen LogP contribution in [0.4, 0.5) is 5.69 Å². The van der Waals surface area contributed by atoms with Gasteiger partial charge in [0.25, 0.3) is 0 Å². The first kappa shape index (κ1) is 13.1. The van der Waals surface area contributed by atoms with E-state index in [1.54, 1.807) is 11.3 Å². The minimum Gasteiger partial charge on any atom is -0.398 e. The van der Waals surface area contributed by atoms with E-state index in [-0.39, 0.29) is 5.54 Å². The second-order valence-electron chi connectivity index (χ2n) is 5.20. The maximum atomic E-state index is 5.89. The van der Waals surface area contributed by atoms with Crippen molar-refractivity contribution in [1.82, 2.24) is 5.32 Å². The van der Waals surface area contributed by atoms with Crippen LogP contribution in [0.5, 0.6) is 0 Å². The molecule has 0 atom stereocenters. The van der Waals surface area contributed by atoms with E-state index in [9.17, 15) is 0 Å². The van der Waals surface area contributed by atoms with Crippen molar-refractivity contribution < 1.29 is 0 Å². The van der Waals surface area contributed by atoms with Crippen molar-refractivity contribution >= 4 is 17.0 Å². The fourth-order valence-electron chi connectivity index (χ4n) is 1.98. The van der Waals surface area contributed by atoms with Gasteiger partial charge in [0.1, 0.15) is 0 Å². The molecule has 3 heteroatoms. The monoisotopic (exact) mass is 260 g/mol. The van der Waals surface area contributed by atoms with Gasteiger partial charge in [0.05, 0.1) is 0 Å². The largest absolute Gasteiger partial charge is 0.398 e. The maximum Gasteiger partial charge on any atom is 0.0468 e. The van der Waals surface area contributed by atoms with Crippen molar-refractivity contribution in [3.05, 3.63) is 52.2 Å². The van der Waals surface area contributed by atoms with Crippen LogP contribution in [-0.4, -0.2) is 5.54 Å². The molecule has 1 heterocycles. The summed E-state index contributed by atoms with van der Waals surface area (Å²) >= 11 is 1.71. The Kier molecular flexibility index (Phi) is 4.04. The molecule has 2 rings (SSSR count). The lowest BCUT2D eigenvalue weighted by Gasteiger charge is -2.26. The summed E-state index contributed by atoms with van der Waals surface area (Å²) in [4.78, 5) is 1.22. The summed E-state index contributed by atoms with van der Waals surface area (Å²) in [6, 6.07) is 12.5. The molecule has 0 bridgehead atoms. The Morgan fingerprint density at radius 3 is 2.50 bits per heavy atom. The van der Waals surface area contributed by atoms with Crippen LogP contribution in [0.1, 0.15) is 24.3 Å². The van der Waals surface area contributed by atoms with Crippen molar-refractivity contribution in [1.29, 1.82) is 0 Å². The average molecular weight is 260 g/mol. The molecule has 1 aromatic carbocycles. The number of thiophene rings is 1. The van der Waals surface area contributed by atoms with E-state index in [1.165, 1.54) is 10.4 Å². The predicted molar refractivity (Wildman–Crippen MR) is 79.8 cm³/mol. The zero-order valence-electron chi connectivity index (χ0n) is 10.9. The molecule has 0 aliphatic rings. The summed E-state index contributed by atoms with van der Waals surface area (Å²) in [7, 11) is 0. The van der Waals surface area contributed by atoms with Crippen LogP contribution in [0.25, 0.3) is 0 Å². The molecule has 0 radical (unpaired) electrons. The van der Waals surface area contributed by atoms with E-state index in [1.807, 2.05) is 11.4 Å². The molecule has 0 fully saturated rings. The molecule has 2 nitrogen and oxygen atoms in total. The average Bonchev–Trinajstić information content (AvgIpc) is 2.73. The first-order valence-corrected chi connectivity index (χ1v) is 7.06. The molecule has 0 spiro atoms. The second-order valence-corrected chi connectivity index (χ2v) is 6.20. The van der Waals surface area contributed by atoms with Crippen molar-refractivity contribution in [3.8, 4) is 0 Å². The SMILES string of the molecule is CC(C)(Cc1ccccc1)NCc1sccc1N. The number of anilines is 1. The van der Waals surface area contributed by atoms with Crippen molar-refractivity contribution in [2.75, 3.05) is 5.73 Å². The maximum absolute atomic E-state index is 5.89. The van der Waals surface area contributed by atoms with Crippen LogP contribution in [0.3, 0.4) is 0 Å². The van der Waals surface area contributed by atoms with Crippen molar-refractivity contribution in [3.63, 3.8) is 0 Å². The summed E-state index contributed by atoms with van der Waals surface area (Å²) in [5, 5.41) is 5.62. The highest BCUT2D eigenvalue weighted by Gasteiger charge is 2.18. The third-order valence-electron chi connectivity index (χ3n) is 3.00. The first-order chi connectivity index (χ1) is 8.57. The lowest BCUT2D eigenvalue weighted by molar-refractivity contribution is 0.386. The minimum absolute atomic E-state index is 0.0672. The van der Waals surface area contributed by atoms with E-state index >= 15 is 0 Å². The Morgan fingerprint density at radius 1 is 1.17 bits per heavy atom. The predicted octanol–water partition coefficient (Wildman–Crippen LogP) is 3.44. The summed E-state index contributed by atoms with van der Waals surface area (Å²) in [5.41, 5.74) is 8.21. The Morgan fingerprint density at radius 2 is 1.89 bits per heavy atom.